The molecule has 1 fully saturated rings. The Morgan fingerprint density at radius 3 is 2.52 bits per heavy atom. The molecule has 0 radical (unpaired) electrons. The predicted octanol–water partition coefficient (Wildman–Crippen LogP) is 1.65. The zero-order valence-corrected chi connectivity index (χ0v) is 13.4. The van der Waals surface area contributed by atoms with Crippen LogP contribution in [0.2, 0.25) is 0 Å². The molecule has 0 bridgehead atoms. The van der Waals surface area contributed by atoms with E-state index in [4.69, 9.17) is 0 Å². The van der Waals surface area contributed by atoms with Crippen LogP contribution in [0.25, 0.3) is 0 Å². The van der Waals surface area contributed by atoms with E-state index in [0.717, 1.165) is 37.3 Å². The summed E-state index contributed by atoms with van der Waals surface area (Å²) in [6.45, 7) is 9.19. The average molecular weight is 293 g/mol. The van der Waals surface area contributed by atoms with E-state index in [2.05, 4.69) is 9.88 Å². The highest BCUT2D eigenvalue weighted by Gasteiger charge is 2.17. The number of aliphatic hydroxyl groups excluding tert-OH is 1. The van der Waals surface area contributed by atoms with E-state index < -0.39 is 6.10 Å². The molecule has 118 valence electrons. The average Bonchev–Trinajstić information content (AvgIpc) is 2.47. The first-order chi connectivity index (χ1) is 10.0. The van der Waals surface area contributed by atoms with Gasteiger partial charge in [0, 0.05) is 24.3 Å². The fourth-order valence-corrected chi connectivity index (χ4v) is 3.09. The summed E-state index contributed by atoms with van der Waals surface area (Å²) in [6.07, 6.45) is 3.88. The Balaban J connectivity index is 2.21. The summed E-state index contributed by atoms with van der Waals surface area (Å²) in [4.78, 5) is 19.5. The van der Waals surface area contributed by atoms with Gasteiger partial charge in [-0.1, -0.05) is 6.42 Å². The normalized spacial score (nSPS) is 17.9. The van der Waals surface area contributed by atoms with Gasteiger partial charge in [0.1, 0.15) is 11.9 Å². The Bertz CT molecular complexity index is 531. The van der Waals surface area contributed by atoms with Gasteiger partial charge in [-0.25, -0.2) is 4.98 Å². The van der Waals surface area contributed by atoms with Gasteiger partial charge < -0.3 is 10.0 Å². The Morgan fingerprint density at radius 1 is 1.29 bits per heavy atom. The molecule has 1 aromatic rings. The smallest absolute Gasteiger partial charge is 0.257 e. The van der Waals surface area contributed by atoms with Crippen molar-refractivity contribution in [2.45, 2.75) is 59.1 Å². The fraction of sp³-hybridized carbons (Fsp3) is 0.750. The van der Waals surface area contributed by atoms with Crippen molar-refractivity contribution in [2.75, 3.05) is 19.6 Å². The Morgan fingerprint density at radius 2 is 1.95 bits per heavy atom. The second-order valence-electron chi connectivity index (χ2n) is 5.91. The van der Waals surface area contributed by atoms with Gasteiger partial charge in [-0.2, -0.15) is 0 Å². The SMILES string of the molecule is CCn1c(C(C)O)nc(C)c(CCN2CCCCC2)c1=O. The minimum atomic E-state index is -0.715. The van der Waals surface area contributed by atoms with E-state index in [1.165, 1.54) is 19.3 Å². The van der Waals surface area contributed by atoms with Crippen molar-refractivity contribution in [1.29, 1.82) is 0 Å². The van der Waals surface area contributed by atoms with Crippen molar-refractivity contribution >= 4 is 0 Å². The Kier molecular flexibility index (Phi) is 5.53. The van der Waals surface area contributed by atoms with Crippen molar-refractivity contribution in [3.8, 4) is 0 Å². The van der Waals surface area contributed by atoms with Gasteiger partial charge in [-0.3, -0.25) is 9.36 Å². The molecule has 1 aliphatic heterocycles. The number of hydrogen-bond acceptors (Lipinski definition) is 4. The van der Waals surface area contributed by atoms with Gasteiger partial charge in [0.15, 0.2) is 0 Å². The van der Waals surface area contributed by atoms with Crippen molar-refractivity contribution in [3.05, 3.63) is 27.4 Å². The second-order valence-corrected chi connectivity index (χ2v) is 5.91. The fourth-order valence-electron chi connectivity index (χ4n) is 3.09. The number of aliphatic hydroxyl groups is 1. The molecule has 1 N–H and O–H groups in total. The van der Waals surface area contributed by atoms with Gasteiger partial charge in [0.25, 0.3) is 5.56 Å². The van der Waals surface area contributed by atoms with Crippen molar-refractivity contribution < 1.29 is 5.11 Å². The van der Waals surface area contributed by atoms with Gasteiger partial charge in [-0.15, -0.1) is 0 Å². The summed E-state index contributed by atoms with van der Waals surface area (Å²) in [5, 5.41) is 9.78. The number of rotatable bonds is 5. The van der Waals surface area contributed by atoms with Crippen LogP contribution in [0.3, 0.4) is 0 Å². The van der Waals surface area contributed by atoms with E-state index in [1.807, 2.05) is 13.8 Å². The molecule has 2 rings (SSSR count). The van der Waals surface area contributed by atoms with Crippen LogP contribution in [0.1, 0.15) is 56.3 Å². The van der Waals surface area contributed by atoms with Crippen LogP contribution < -0.4 is 5.56 Å². The first-order valence-electron chi connectivity index (χ1n) is 8.05. The van der Waals surface area contributed by atoms with E-state index in [9.17, 15) is 9.90 Å². The summed E-state index contributed by atoms with van der Waals surface area (Å²) in [7, 11) is 0. The highest BCUT2D eigenvalue weighted by atomic mass is 16.3. The molecule has 2 heterocycles. The minimum Gasteiger partial charge on any atom is -0.385 e. The lowest BCUT2D eigenvalue weighted by Crippen LogP contribution is -2.35. The first kappa shape index (κ1) is 16.2. The first-order valence-corrected chi connectivity index (χ1v) is 8.05. The Hall–Kier alpha value is -1.20. The summed E-state index contributed by atoms with van der Waals surface area (Å²) in [5.74, 6) is 0.474. The third-order valence-electron chi connectivity index (χ3n) is 4.32. The number of aromatic nitrogens is 2. The molecule has 0 spiro atoms. The van der Waals surface area contributed by atoms with Crippen LogP contribution in [-0.2, 0) is 13.0 Å². The molecule has 0 saturated carbocycles. The maximum absolute atomic E-state index is 12.6. The van der Waals surface area contributed by atoms with E-state index >= 15 is 0 Å². The maximum atomic E-state index is 12.6. The van der Waals surface area contributed by atoms with Crippen LogP contribution in [0, 0.1) is 6.92 Å². The summed E-state index contributed by atoms with van der Waals surface area (Å²) in [6, 6.07) is 0. The van der Waals surface area contributed by atoms with Crippen molar-refractivity contribution in [1.82, 2.24) is 14.5 Å². The zero-order chi connectivity index (χ0) is 15.4. The van der Waals surface area contributed by atoms with E-state index in [-0.39, 0.29) is 5.56 Å². The molecule has 0 aromatic carbocycles. The standard InChI is InChI=1S/C16H27N3O2/c1-4-19-15(13(3)20)17-12(2)14(16(19)21)8-11-18-9-6-5-7-10-18/h13,20H,4-11H2,1-3H3. The lowest BCUT2D eigenvalue weighted by molar-refractivity contribution is 0.181. The third-order valence-corrected chi connectivity index (χ3v) is 4.32. The van der Waals surface area contributed by atoms with Gasteiger partial charge in [0.2, 0.25) is 0 Å². The summed E-state index contributed by atoms with van der Waals surface area (Å²) in [5.41, 5.74) is 1.57. The molecule has 21 heavy (non-hydrogen) atoms. The number of nitrogens with zero attached hydrogens (tertiary/aromatic N) is 3. The largest absolute Gasteiger partial charge is 0.385 e. The van der Waals surface area contributed by atoms with Crippen LogP contribution >= 0.6 is 0 Å². The van der Waals surface area contributed by atoms with Crippen LogP contribution in [0.5, 0.6) is 0 Å². The number of hydrogen-bond donors (Lipinski definition) is 1. The van der Waals surface area contributed by atoms with Crippen LogP contribution in [0.4, 0.5) is 0 Å². The molecule has 1 saturated heterocycles. The lowest BCUT2D eigenvalue weighted by atomic mass is 10.1. The minimum absolute atomic E-state index is 0.0120. The zero-order valence-electron chi connectivity index (χ0n) is 13.4. The number of piperidine rings is 1. The number of aryl methyl sites for hydroxylation is 1. The maximum Gasteiger partial charge on any atom is 0.257 e. The quantitative estimate of drug-likeness (QED) is 0.897. The summed E-state index contributed by atoms with van der Waals surface area (Å²) < 4.78 is 1.60. The predicted molar refractivity (Wildman–Crippen MR) is 83.5 cm³/mol. The topological polar surface area (TPSA) is 58.4 Å². The molecule has 1 aromatic heterocycles. The van der Waals surface area contributed by atoms with Crippen molar-refractivity contribution in [3.63, 3.8) is 0 Å². The second kappa shape index (κ2) is 7.18. The molecule has 1 aliphatic rings. The number of likely N-dealkylation sites (tertiary alicyclic amines) is 1. The van der Waals surface area contributed by atoms with Gasteiger partial charge >= 0.3 is 0 Å². The third kappa shape index (κ3) is 3.71. The van der Waals surface area contributed by atoms with Crippen molar-refractivity contribution in [2.24, 2.45) is 0 Å². The van der Waals surface area contributed by atoms with Crippen LogP contribution in [0.15, 0.2) is 4.79 Å². The molecule has 1 unspecified atom stereocenters. The molecule has 0 aliphatic carbocycles. The summed E-state index contributed by atoms with van der Waals surface area (Å²) >= 11 is 0. The monoisotopic (exact) mass is 293 g/mol. The molecule has 1 atom stereocenters. The molecular formula is C16H27N3O2. The van der Waals surface area contributed by atoms with Crippen LogP contribution in [-0.4, -0.2) is 39.2 Å². The van der Waals surface area contributed by atoms with Gasteiger partial charge in [0.05, 0.1) is 0 Å². The molecule has 5 heteroatoms. The Labute approximate surface area is 126 Å². The highest BCUT2D eigenvalue weighted by Crippen LogP contribution is 2.13. The lowest BCUT2D eigenvalue weighted by Gasteiger charge is -2.26. The molecular weight excluding hydrogens is 266 g/mol. The van der Waals surface area contributed by atoms with E-state index in [0.29, 0.717) is 12.4 Å². The molecule has 0 amide bonds. The van der Waals surface area contributed by atoms with Gasteiger partial charge in [-0.05, 0) is 53.1 Å². The highest BCUT2D eigenvalue weighted by molar-refractivity contribution is 5.19. The molecule has 5 nitrogen and oxygen atoms in total. The van der Waals surface area contributed by atoms with E-state index in [1.54, 1.807) is 11.5 Å².